The summed E-state index contributed by atoms with van der Waals surface area (Å²) in [7, 11) is 0. The molecule has 0 spiro atoms. The lowest BCUT2D eigenvalue weighted by Crippen LogP contribution is -2.37. The van der Waals surface area contributed by atoms with Gasteiger partial charge in [0.2, 0.25) is 5.95 Å². The molecule has 4 N–H and O–H groups in total. The number of hydrogen-bond acceptors (Lipinski definition) is 7. The number of aromatic nitrogens is 2. The minimum absolute atomic E-state index is 0.0119. The van der Waals surface area contributed by atoms with Crippen molar-refractivity contribution < 1.29 is 9.47 Å². The third-order valence-electron chi connectivity index (χ3n) is 2.71. The monoisotopic (exact) mass is 267 g/mol. The van der Waals surface area contributed by atoms with Gasteiger partial charge in [0, 0.05) is 25.2 Å². The standard InChI is InChI=1S/C12H21N5O2/c1-9(13)7-19-8-10-6-11(14)16-12(15-10)17-2-4-18-5-3-17/h6,9H,2-5,7-8,13H2,1H3,(H2,14,15,16)/t9-/m1/s1. The van der Waals surface area contributed by atoms with E-state index in [1.165, 1.54) is 0 Å². The van der Waals surface area contributed by atoms with Crippen LogP contribution in [-0.2, 0) is 16.1 Å². The third kappa shape index (κ3) is 4.30. The molecule has 7 heteroatoms. The largest absolute Gasteiger partial charge is 0.384 e. The number of ether oxygens (including phenoxy) is 2. The summed E-state index contributed by atoms with van der Waals surface area (Å²) >= 11 is 0. The van der Waals surface area contributed by atoms with E-state index in [9.17, 15) is 0 Å². The molecular weight excluding hydrogens is 246 g/mol. The minimum Gasteiger partial charge on any atom is -0.384 e. The zero-order valence-corrected chi connectivity index (χ0v) is 11.2. The molecule has 2 heterocycles. The highest BCUT2D eigenvalue weighted by Crippen LogP contribution is 2.14. The van der Waals surface area contributed by atoms with Gasteiger partial charge in [0.25, 0.3) is 0 Å². The summed E-state index contributed by atoms with van der Waals surface area (Å²) in [6, 6.07) is 1.74. The van der Waals surface area contributed by atoms with Gasteiger partial charge < -0.3 is 25.8 Å². The van der Waals surface area contributed by atoms with Crippen molar-refractivity contribution >= 4 is 11.8 Å². The van der Waals surface area contributed by atoms with Crippen LogP contribution < -0.4 is 16.4 Å². The van der Waals surface area contributed by atoms with Gasteiger partial charge in [0.15, 0.2) is 0 Å². The van der Waals surface area contributed by atoms with Gasteiger partial charge in [-0.25, -0.2) is 4.98 Å². The Bertz CT molecular complexity index is 407. The predicted octanol–water partition coefficient (Wildman–Crippen LogP) is -0.241. The van der Waals surface area contributed by atoms with Crippen molar-refractivity contribution in [3.05, 3.63) is 11.8 Å². The van der Waals surface area contributed by atoms with E-state index in [2.05, 4.69) is 14.9 Å². The van der Waals surface area contributed by atoms with Crippen LogP contribution in [0, 0.1) is 0 Å². The number of rotatable bonds is 5. The Balaban J connectivity index is 2.01. The fourth-order valence-corrected chi connectivity index (χ4v) is 1.83. The molecule has 0 aliphatic carbocycles. The van der Waals surface area contributed by atoms with E-state index >= 15 is 0 Å². The van der Waals surface area contributed by atoms with E-state index in [1.807, 2.05) is 6.92 Å². The first-order valence-corrected chi connectivity index (χ1v) is 6.44. The van der Waals surface area contributed by atoms with Crippen LogP contribution in [0.25, 0.3) is 0 Å². The smallest absolute Gasteiger partial charge is 0.227 e. The summed E-state index contributed by atoms with van der Waals surface area (Å²) in [5.41, 5.74) is 12.2. The fraction of sp³-hybridized carbons (Fsp3) is 0.667. The van der Waals surface area contributed by atoms with Crippen LogP contribution in [0.4, 0.5) is 11.8 Å². The van der Waals surface area contributed by atoms with Gasteiger partial charge in [0.05, 0.1) is 32.1 Å². The van der Waals surface area contributed by atoms with Gasteiger partial charge in [0.1, 0.15) is 5.82 Å². The zero-order valence-electron chi connectivity index (χ0n) is 11.2. The maximum absolute atomic E-state index is 5.81. The van der Waals surface area contributed by atoms with Crippen LogP contribution in [-0.4, -0.2) is 48.9 Å². The van der Waals surface area contributed by atoms with Crippen molar-refractivity contribution in [1.82, 2.24) is 9.97 Å². The molecule has 1 atom stereocenters. The number of anilines is 2. The number of nitrogens with zero attached hydrogens (tertiary/aromatic N) is 3. The van der Waals surface area contributed by atoms with Crippen LogP contribution in [0.3, 0.4) is 0 Å². The lowest BCUT2D eigenvalue weighted by molar-refractivity contribution is 0.108. The molecule has 1 fully saturated rings. The highest BCUT2D eigenvalue weighted by atomic mass is 16.5. The van der Waals surface area contributed by atoms with Crippen LogP contribution in [0.5, 0.6) is 0 Å². The molecule has 1 aliphatic heterocycles. The molecule has 1 saturated heterocycles. The summed E-state index contributed by atoms with van der Waals surface area (Å²) in [5.74, 6) is 1.10. The van der Waals surface area contributed by atoms with E-state index < -0.39 is 0 Å². The maximum Gasteiger partial charge on any atom is 0.227 e. The Kier molecular flexibility index (Phi) is 4.89. The lowest BCUT2D eigenvalue weighted by atomic mass is 10.3. The van der Waals surface area contributed by atoms with Crippen molar-refractivity contribution in [3.8, 4) is 0 Å². The number of morpholine rings is 1. The quantitative estimate of drug-likeness (QED) is 0.759. The second kappa shape index (κ2) is 6.65. The molecule has 0 amide bonds. The molecule has 0 radical (unpaired) electrons. The summed E-state index contributed by atoms with van der Waals surface area (Å²) in [5, 5.41) is 0. The van der Waals surface area contributed by atoms with Gasteiger partial charge in [-0.3, -0.25) is 0 Å². The number of nitrogens with two attached hydrogens (primary N) is 2. The average molecular weight is 267 g/mol. The first-order valence-electron chi connectivity index (χ1n) is 6.44. The highest BCUT2D eigenvalue weighted by molar-refractivity contribution is 5.40. The van der Waals surface area contributed by atoms with Crippen molar-refractivity contribution in [2.45, 2.75) is 19.6 Å². The van der Waals surface area contributed by atoms with Gasteiger partial charge >= 0.3 is 0 Å². The van der Waals surface area contributed by atoms with E-state index in [0.717, 1.165) is 18.8 Å². The molecule has 0 saturated carbocycles. The first-order chi connectivity index (χ1) is 9.15. The second-order valence-electron chi connectivity index (χ2n) is 4.68. The predicted molar refractivity (Wildman–Crippen MR) is 72.8 cm³/mol. The Morgan fingerprint density at radius 1 is 1.42 bits per heavy atom. The average Bonchev–Trinajstić information content (AvgIpc) is 2.39. The Labute approximate surface area is 112 Å². The summed E-state index contributed by atoms with van der Waals surface area (Å²) in [4.78, 5) is 10.8. The Hall–Kier alpha value is -1.44. The highest BCUT2D eigenvalue weighted by Gasteiger charge is 2.15. The number of nitrogen functional groups attached to an aromatic ring is 1. The Morgan fingerprint density at radius 3 is 2.84 bits per heavy atom. The summed E-state index contributed by atoms with van der Waals surface area (Å²) in [6.07, 6.45) is 0. The molecule has 0 aromatic carbocycles. The molecule has 19 heavy (non-hydrogen) atoms. The third-order valence-corrected chi connectivity index (χ3v) is 2.71. The van der Waals surface area contributed by atoms with Gasteiger partial charge in [-0.2, -0.15) is 4.98 Å². The van der Waals surface area contributed by atoms with Crippen molar-refractivity contribution in [3.63, 3.8) is 0 Å². The molecule has 2 rings (SSSR count). The van der Waals surface area contributed by atoms with Crippen molar-refractivity contribution in [1.29, 1.82) is 0 Å². The topological polar surface area (TPSA) is 99.5 Å². The SMILES string of the molecule is C[C@@H](N)COCc1cc(N)nc(N2CCOCC2)n1. The molecule has 0 bridgehead atoms. The van der Waals surface area contributed by atoms with Crippen LogP contribution in [0.15, 0.2) is 6.07 Å². The van der Waals surface area contributed by atoms with E-state index in [1.54, 1.807) is 6.07 Å². The first kappa shape index (κ1) is 14.0. The van der Waals surface area contributed by atoms with Crippen LogP contribution >= 0.6 is 0 Å². The molecule has 1 aliphatic rings. The minimum atomic E-state index is 0.0119. The normalized spacial score (nSPS) is 17.5. The molecule has 0 unspecified atom stereocenters. The second-order valence-corrected chi connectivity index (χ2v) is 4.68. The molecule has 1 aromatic rings. The van der Waals surface area contributed by atoms with Crippen molar-refractivity contribution in [2.24, 2.45) is 5.73 Å². The lowest BCUT2D eigenvalue weighted by Gasteiger charge is -2.27. The van der Waals surface area contributed by atoms with E-state index in [-0.39, 0.29) is 6.04 Å². The molecular formula is C12H21N5O2. The summed E-state index contributed by atoms with van der Waals surface area (Å²) < 4.78 is 10.8. The van der Waals surface area contributed by atoms with Crippen molar-refractivity contribution in [2.75, 3.05) is 43.5 Å². The van der Waals surface area contributed by atoms with Gasteiger partial charge in [-0.1, -0.05) is 0 Å². The zero-order chi connectivity index (χ0) is 13.7. The molecule has 7 nitrogen and oxygen atoms in total. The van der Waals surface area contributed by atoms with E-state index in [4.69, 9.17) is 20.9 Å². The summed E-state index contributed by atoms with van der Waals surface area (Å²) in [6.45, 7) is 5.73. The van der Waals surface area contributed by atoms with Gasteiger partial charge in [-0.05, 0) is 6.92 Å². The van der Waals surface area contributed by atoms with Crippen LogP contribution in [0.1, 0.15) is 12.6 Å². The molecule has 106 valence electrons. The van der Waals surface area contributed by atoms with Gasteiger partial charge in [-0.15, -0.1) is 0 Å². The Morgan fingerprint density at radius 2 is 2.16 bits per heavy atom. The molecule has 1 aromatic heterocycles. The fourth-order valence-electron chi connectivity index (χ4n) is 1.83. The van der Waals surface area contributed by atoms with E-state index in [0.29, 0.717) is 38.2 Å². The number of hydrogen-bond donors (Lipinski definition) is 2. The maximum atomic E-state index is 5.81. The van der Waals surface area contributed by atoms with Crippen LogP contribution in [0.2, 0.25) is 0 Å².